The number of rotatable bonds is 5. The molecule has 2 rings (SSSR count). The molecule has 0 aliphatic heterocycles. The molecule has 18 heavy (non-hydrogen) atoms. The number of benzene rings is 1. The summed E-state index contributed by atoms with van der Waals surface area (Å²) in [5, 5.41) is 3.24. The van der Waals surface area contributed by atoms with Crippen LogP contribution in [0.2, 0.25) is 0 Å². The first kappa shape index (κ1) is 12.7. The maximum atomic E-state index is 5.15. The fourth-order valence-corrected chi connectivity index (χ4v) is 1.92. The van der Waals surface area contributed by atoms with Crippen LogP contribution in [-0.2, 0) is 6.54 Å². The first-order chi connectivity index (χ1) is 8.72. The molecular formula is C15H20N2O. The number of hydrogen-bond donors (Lipinski definition) is 1. The Kier molecular flexibility index (Phi) is 4.05. The van der Waals surface area contributed by atoms with Crippen molar-refractivity contribution in [3.05, 3.63) is 53.9 Å². The predicted molar refractivity (Wildman–Crippen MR) is 74.0 cm³/mol. The van der Waals surface area contributed by atoms with Gasteiger partial charge in [-0.05, 0) is 43.3 Å². The topological polar surface area (TPSA) is 26.2 Å². The highest BCUT2D eigenvalue weighted by molar-refractivity contribution is 5.27. The van der Waals surface area contributed by atoms with E-state index < -0.39 is 0 Å². The van der Waals surface area contributed by atoms with E-state index in [2.05, 4.69) is 47.4 Å². The molecule has 0 fully saturated rings. The minimum atomic E-state index is 0.391. The maximum absolute atomic E-state index is 5.15. The molecular weight excluding hydrogens is 224 g/mol. The van der Waals surface area contributed by atoms with Crippen LogP contribution in [0.25, 0.3) is 0 Å². The number of aromatic nitrogens is 1. The lowest BCUT2D eigenvalue weighted by Gasteiger charge is -2.07. The van der Waals surface area contributed by atoms with Gasteiger partial charge < -0.3 is 14.6 Å². The summed E-state index contributed by atoms with van der Waals surface area (Å²) >= 11 is 0. The van der Waals surface area contributed by atoms with Crippen molar-refractivity contribution in [2.45, 2.75) is 19.5 Å². The Hall–Kier alpha value is -1.74. The normalized spacial score (nSPS) is 12.4. The number of nitrogens with one attached hydrogen (secondary N) is 1. The van der Waals surface area contributed by atoms with Crippen molar-refractivity contribution < 1.29 is 4.74 Å². The monoisotopic (exact) mass is 244 g/mol. The van der Waals surface area contributed by atoms with Gasteiger partial charge in [0.2, 0.25) is 0 Å². The van der Waals surface area contributed by atoms with Crippen molar-refractivity contribution in [1.29, 1.82) is 0 Å². The second-order valence-corrected chi connectivity index (χ2v) is 4.48. The molecule has 0 spiro atoms. The van der Waals surface area contributed by atoms with Gasteiger partial charge in [-0.2, -0.15) is 0 Å². The molecule has 1 atom stereocenters. The van der Waals surface area contributed by atoms with E-state index in [0.717, 1.165) is 12.3 Å². The van der Waals surface area contributed by atoms with E-state index >= 15 is 0 Å². The van der Waals surface area contributed by atoms with Crippen LogP contribution in [0.1, 0.15) is 24.1 Å². The van der Waals surface area contributed by atoms with Crippen LogP contribution in [0, 0.1) is 0 Å². The summed E-state index contributed by atoms with van der Waals surface area (Å²) < 4.78 is 7.35. The third-order valence-corrected chi connectivity index (χ3v) is 3.23. The quantitative estimate of drug-likeness (QED) is 0.875. The minimum Gasteiger partial charge on any atom is -0.497 e. The van der Waals surface area contributed by atoms with Gasteiger partial charge in [0.15, 0.2) is 0 Å². The lowest BCUT2D eigenvalue weighted by atomic mass is 10.2. The standard InChI is InChI=1S/C15H20N2O/c1-12(16-2)14-8-9-17(11-14)10-13-4-6-15(18-3)7-5-13/h4-9,11-12,16H,10H2,1-3H3. The van der Waals surface area contributed by atoms with Gasteiger partial charge in [0, 0.05) is 25.0 Å². The molecule has 0 aliphatic carbocycles. The van der Waals surface area contributed by atoms with Crippen LogP contribution in [-0.4, -0.2) is 18.7 Å². The zero-order chi connectivity index (χ0) is 13.0. The van der Waals surface area contributed by atoms with E-state index in [4.69, 9.17) is 4.74 Å². The Bertz CT molecular complexity index is 487. The molecule has 3 heteroatoms. The molecule has 0 amide bonds. The van der Waals surface area contributed by atoms with Gasteiger partial charge in [-0.1, -0.05) is 12.1 Å². The highest BCUT2D eigenvalue weighted by Gasteiger charge is 2.04. The van der Waals surface area contributed by atoms with Crippen molar-refractivity contribution in [1.82, 2.24) is 9.88 Å². The molecule has 1 aromatic carbocycles. The fraction of sp³-hybridized carbons (Fsp3) is 0.333. The summed E-state index contributed by atoms with van der Waals surface area (Å²) in [5.41, 5.74) is 2.58. The molecule has 1 heterocycles. The van der Waals surface area contributed by atoms with Gasteiger partial charge in [0.05, 0.1) is 7.11 Å². The Morgan fingerprint density at radius 3 is 2.56 bits per heavy atom. The average molecular weight is 244 g/mol. The molecule has 0 bridgehead atoms. The fourth-order valence-electron chi connectivity index (χ4n) is 1.92. The maximum Gasteiger partial charge on any atom is 0.118 e. The summed E-state index contributed by atoms with van der Waals surface area (Å²) in [4.78, 5) is 0. The highest BCUT2D eigenvalue weighted by Crippen LogP contribution is 2.15. The molecule has 1 aromatic heterocycles. The van der Waals surface area contributed by atoms with Crippen LogP contribution in [0.15, 0.2) is 42.7 Å². The Balaban J connectivity index is 2.06. The molecule has 0 aliphatic rings. The Labute approximate surface area is 108 Å². The lowest BCUT2D eigenvalue weighted by Crippen LogP contribution is -2.11. The second-order valence-electron chi connectivity index (χ2n) is 4.48. The number of ether oxygens (including phenoxy) is 1. The third-order valence-electron chi connectivity index (χ3n) is 3.23. The average Bonchev–Trinajstić information content (AvgIpc) is 2.87. The van der Waals surface area contributed by atoms with Crippen LogP contribution in [0.4, 0.5) is 0 Å². The molecule has 1 N–H and O–H groups in total. The number of hydrogen-bond acceptors (Lipinski definition) is 2. The highest BCUT2D eigenvalue weighted by atomic mass is 16.5. The van der Waals surface area contributed by atoms with E-state index in [-0.39, 0.29) is 0 Å². The first-order valence-electron chi connectivity index (χ1n) is 6.19. The predicted octanol–water partition coefficient (Wildman–Crippen LogP) is 2.83. The van der Waals surface area contributed by atoms with Crippen LogP contribution in [0.3, 0.4) is 0 Å². The molecule has 2 aromatic rings. The van der Waals surface area contributed by atoms with Gasteiger partial charge in [-0.15, -0.1) is 0 Å². The van der Waals surface area contributed by atoms with Gasteiger partial charge in [0.1, 0.15) is 5.75 Å². The van der Waals surface area contributed by atoms with Gasteiger partial charge in [-0.25, -0.2) is 0 Å². The summed E-state index contributed by atoms with van der Waals surface area (Å²) in [5.74, 6) is 0.899. The van der Waals surface area contributed by atoms with Crippen LogP contribution >= 0.6 is 0 Å². The van der Waals surface area contributed by atoms with E-state index in [1.54, 1.807) is 7.11 Å². The van der Waals surface area contributed by atoms with Crippen LogP contribution in [0.5, 0.6) is 5.75 Å². The van der Waals surface area contributed by atoms with E-state index in [1.807, 2.05) is 19.2 Å². The van der Waals surface area contributed by atoms with Crippen molar-refractivity contribution in [2.24, 2.45) is 0 Å². The second kappa shape index (κ2) is 5.74. The lowest BCUT2D eigenvalue weighted by molar-refractivity contribution is 0.414. The van der Waals surface area contributed by atoms with E-state index in [9.17, 15) is 0 Å². The van der Waals surface area contributed by atoms with Gasteiger partial charge in [0.25, 0.3) is 0 Å². The minimum absolute atomic E-state index is 0.391. The molecule has 96 valence electrons. The Morgan fingerprint density at radius 1 is 1.22 bits per heavy atom. The summed E-state index contributed by atoms with van der Waals surface area (Å²) in [6.45, 7) is 3.05. The number of nitrogens with zero attached hydrogens (tertiary/aromatic N) is 1. The van der Waals surface area contributed by atoms with Crippen LogP contribution < -0.4 is 10.1 Å². The molecule has 0 saturated heterocycles. The van der Waals surface area contributed by atoms with Crippen molar-refractivity contribution >= 4 is 0 Å². The SMILES string of the molecule is CNC(C)c1ccn(Cc2ccc(OC)cc2)c1. The number of methoxy groups -OCH3 is 1. The zero-order valence-corrected chi connectivity index (χ0v) is 11.2. The van der Waals surface area contributed by atoms with Gasteiger partial charge in [-0.3, -0.25) is 0 Å². The molecule has 0 radical (unpaired) electrons. The molecule has 3 nitrogen and oxygen atoms in total. The first-order valence-corrected chi connectivity index (χ1v) is 6.19. The van der Waals surface area contributed by atoms with Crippen molar-refractivity contribution in [2.75, 3.05) is 14.2 Å². The van der Waals surface area contributed by atoms with E-state index in [0.29, 0.717) is 6.04 Å². The molecule has 1 unspecified atom stereocenters. The van der Waals surface area contributed by atoms with Gasteiger partial charge >= 0.3 is 0 Å². The zero-order valence-electron chi connectivity index (χ0n) is 11.2. The largest absolute Gasteiger partial charge is 0.497 e. The summed E-state index contributed by atoms with van der Waals surface area (Å²) in [6.07, 6.45) is 4.30. The Morgan fingerprint density at radius 2 is 1.94 bits per heavy atom. The third kappa shape index (κ3) is 2.93. The van der Waals surface area contributed by atoms with E-state index in [1.165, 1.54) is 11.1 Å². The van der Waals surface area contributed by atoms with Crippen molar-refractivity contribution in [3.8, 4) is 5.75 Å². The van der Waals surface area contributed by atoms with Crippen molar-refractivity contribution in [3.63, 3.8) is 0 Å². The molecule has 0 saturated carbocycles. The summed E-state index contributed by atoms with van der Waals surface area (Å²) in [7, 11) is 3.66. The smallest absolute Gasteiger partial charge is 0.118 e. The summed E-state index contributed by atoms with van der Waals surface area (Å²) in [6, 6.07) is 10.7.